The molecule has 0 aliphatic heterocycles. The molecule has 0 heteroatoms. The van der Waals surface area contributed by atoms with Gasteiger partial charge in [0.05, 0.1) is 0 Å². The predicted octanol–water partition coefficient (Wildman–Crippen LogP) is 11.4. The second kappa shape index (κ2) is 7.55. The van der Waals surface area contributed by atoms with Crippen LogP contribution >= 0.6 is 0 Å². The maximum atomic E-state index is 2.58. The van der Waals surface area contributed by atoms with E-state index < -0.39 is 0 Å². The maximum Gasteiger partial charge on any atom is 0.0159 e. The molecule has 0 saturated carbocycles. The largest absolute Gasteiger partial charge is 0.0619 e. The molecule has 6 aromatic carbocycles. The van der Waals surface area contributed by atoms with Crippen molar-refractivity contribution in [2.24, 2.45) is 0 Å². The molecule has 0 bridgehead atoms. The zero-order chi connectivity index (χ0) is 27.9. The summed E-state index contributed by atoms with van der Waals surface area (Å²) in [5, 5.41) is 8.72. The molecular weight excluding hydrogens is 480 g/mol. The van der Waals surface area contributed by atoms with Crippen LogP contribution in [0.1, 0.15) is 101 Å². The van der Waals surface area contributed by atoms with Crippen LogP contribution in [0.3, 0.4) is 0 Å². The molecule has 0 heterocycles. The highest BCUT2D eigenvalue weighted by molar-refractivity contribution is 6.30. The van der Waals surface area contributed by atoms with Crippen molar-refractivity contribution in [2.75, 3.05) is 0 Å². The lowest BCUT2D eigenvalue weighted by atomic mass is 9.76. The van der Waals surface area contributed by atoms with E-state index in [0.717, 1.165) is 0 Å². The Labute approximate surface area is 238 Å². The van der Waals surface area contributed by atoms with Crippen molar-refractivity contribution in [3.63, 3.8) is 0 Å². The molecular formula is C40H38. The third kappa shape index (κ3) is 2.73. The fourth-order valence-electron chi connectivity index (χ4n) is 8.46. The van der Waals surface area contributed by atoms with E-state index in [2.05, 4.69) is 128 Å². The van der Waals surface area contributed by atoms with Crippen molar-refractivity contribution >= 4 is 32.3 Å². The first-order valence-corrected chi connectivity index (χ1v) is 15.1. The molecule has 6 aromatic rings. The van der Waals surface area contributed by atoms with E-state index in [0.29, 0.717) is 11.8 Å². The Bertz CT molecular complexity index is 1890. The molecule has 0 nitrogen and oxygen atoms in total. The van der Waals surface area contributed by atoms with Gasteiger partial charge in [0, 0.05) is 10.8 Å². The van der Waals surface area contributed by atoms with Crippen molar-refractivity contribution in [2.45, 2.75) is 78.1 Å². The SMILES string of the molecule is CC(C)c1cc2c3c(cc4c(C(C)C)cc5c6c(cc1c5c42)C(C)(C)c1ccccc1-6)C(C)(C)c1ccccc1-3. The minimum Gasteiger partial charge on any atom is -0.0619 e. The Morgan fingerprint density at radius 1 is 0.450 bits per heavy atom. The van der Waals surface area contributed by atoms with Gasteiger partial charge in [0.15, 0.2) is 0 Å². The molecule has 2 aliphatic rings. The Balaban J connectivity index is 1.68. The molecule has 0 spiro atoms. The number of rotatable bonds is 2. The molecule has 8 rings (SSSR count). The number of benzene rings is 6. The van der Waals surface area contributed by atoms with Crippen LogP contribution in [-0.4, -0.2) is 0 Å². The third-order valence-electron chi connectivity index (χ3n) is 10.5. The van der Waals surface area contributed by atoms with Crippen molar-refractivity contribution in [1.82, 2.24) is 0 Å². The van der Waals surface area contributed by atoms with Gasteiger partial charge in [-0.2, -0.15) is 0 Å². The van der Waals surface area contributed by atoms with Gasteiger partial charge < -0.3 is 0 Å². The molecule has 0 aromatic heterocycles. The zero-order valence-electron chi connectivity index (χ0n) is 25.1. The summed E-state index contributed by atoms with van der Waals surface area (Å²) in [5.74, 6) is 0.864. The van der Waals surface area contributed by atoms with Crippen LogP contribution in [0.5, 0.6) is 0 Å². The van der Waals surface area contributed by atoms with E-state index in [9.17, 15) is 0 Å². The monoisotopic (exact) mass is 518 g/mol. The van der Waals surface area contributed by atoms with Crippen LogP contribution < -0.4 is 0 Å². The maximum absolute atomic E-state index is 2.58. The third-order valence-corrected chi connectivity index (χ3v) is 10.5. The number of hydrogen-bond acceptors (Lipinski definition) is 0. The number of fused-ring (bicyclic) bond motifs is 8. The van der Waals surface area contributed by atoms with Gasteiger partial charge in [0.2, 0.25) is 0 Å². The van der Waals surface area contributed by atoms with E-state index >= 15 is 0 Å². The first kappa shape index (κ1) is 24.2. The molecule has 0 N–H and O–H groups in total. The molecule has 198 valence electrons. The van der Waals surface area contributed by atoms with Gasteiger partial charge in [-0.1, -0.05) is 104 Å². The van der Waals surface area contributed by atoms with Crippen molar-refractivity contribution in [3.05, 3.63) is 106 Å². The summed E-state index contributed by atoms with van der Waals surface area (Å²) in [6, 6.07) is 28.6. The lowest BCUT2D eigenvalue weighted by molar-refractivity contribution is 0.661. The van der Waals surface area contributed by atoms with Gasteiger partial charge in [-0.05, 0) is 124 Å². The van der Waals surface area contributed by atoms with Gasteiger partial charge in [0.1, 0.15) is 0 Å². The van der Waals surface area contributed by atoms with E-state index in [-0.39, 0.29) is 10.8 Å². The second-order valence-electron chi connectivity index (χ2n) is 14.1. The van der Waals surface area contributed by atoms with E-state index in [1.165, 1.54) is 88.0 Å². The smallest absolute Gasteiger partial charge is 0.0159 e. The quantitative estimate of drug-likeness (QED) is 0.200. The summed E-state index contributed by atoms with van der Waals surface area (Å²) in [7, 11) is 0. The van der Waals surface area contributed by atoms with E-state index in [1.54, 1.807) is 0 Å². The summed E-state index contributed by atoms with van der Waals surface area (Å²) in [6.07, 6.45) is 0. The normalized spacial score (nSPS) is 16.4. The van der Waals surface area contributed by atoms with Crippen molar-refractivity contribution in [1.29, 1.82) is 0 Å². The fraction of sp³-hybridized carbons (Fsp3) is 0.300. The van der Waals surface area contributed by atoms with Gasteiger partial charge in [0.25, 0.3) is 0 Å². The lowest BCUT2D eigenvalue weighted by Crippen LogP contribution is -2.15. The first-order valence-electron chi connectivity index (χ1n) is 15.1. The lowest BCUT2D eigenvalue weighted by Gasteiger charge is -2.27. The van der Waals surface area contributed by atoms with Crippen LogP contribution in [0.4, 0.5) is 0 Å². The minimum absolute atomic E-state index is 0.0210. The summed E-state index contributed by atoms with van der Waals surface area (Å²) >= 11 is 0. The second-order valence-corrected chi connectivity index (χ2v) is 14.1. The van der Waals surface area contributed by atoms with Crippen LogP contribution in [0, 0.1) is 0 Å². The molecule has 0 amide bonds. The summed E-state index contributed by atoms with van der Waals surface area (Å²) in [6.45, 7) is 19.2. The molecule has 2 aliphatic carbocycles. The standard InChI is InChI=1S/C40H38/c1-21(2)25-17-29-35-23-13-9-11-15-31(23)40(7,8)34(35)20-28-26(22(3)4)18-30-36-24-14-10-12-16-32(24)39(5,6)33(36)19-27(25)37(30)38(28)29/h9-22H,1-8H3. The highest BCUT2D eigenvalue weighted by Gasteiger charge is 2.40. The van der Waals surface area contributed by atoms with Crippen LogP contribution in [0.2, 0.25) is 0 Å². The van der Waals surface area contributed by atoms with Crippen molar-refractivity contribution < 1.29 is 0 Å². The average molecular weight is 519 g/mol. The zero-order valence-corrected chi connectivity index (χ0v) is 25.1. The Kier molecular flexibility index (Phi) is 4.56. The van der Waals surface area contributed by atoms with Crippen molar-refractivity contribution in [3.8, 4) is 22.3 Å². The minimum atomic E-state index is -0.0210. The van der Waals surface area contributed by atoms with Gasteiger partial charge in [-0.3, -0.25) is 0 Å². The molecule has 40 heavy (non-hydrogen) atoms. The van der Waals surface area contributed by atoms with Gasteiger partial charge in [-0.25, -0.2) is 0 Å². The first-order chi connectivity index (χ1) is 19.0. The Morgan fingerprint density at radius 2 is 0.825 bits per heavy atom. The Hall–Kier alpha value is -3.64. The van der Waals surface area contributed by atoms with E-state index in [4.69, 9.17) is 0 Å². The Morgan fingerprint density at radius 3 is 1.20 bits per heavy atom. The summed E-state index contributed by atoms with van der Waals surface area (Å²) in [4.78, 5) is 0. The molecule has 0 atom stereocenters. The molecule has 0 unspecified atom stereocenters. The number of hydrogen-bond donors (Lipinski definition) is 0. The predicted molar refractivity (Wildman–Crippen MR) is 173 cm³/mol. The van der Waals surface area contributed by atoms with Crippen LogP contribution in [0.25, 0.3) is 54.6 Å². The van der Waals surface area contributed by atoms with Gasteiger partial charge >= 0.3 is 0 Å². The summed E-state index contributed by atoms with van der Waals surface area (Å²) < 4.78 is 0. The average Bonchev–Trinajstić information content (AvgIpc) is 3.30. The van der Waals surface area contributed by atoms with Crippen LogP contribution in [-0.2, 0) is 10.8 Å². The van der Waals surface area contributed by atoms with Gasteiger partial charge in [-0.15, -0.1) is 0 Å². The molecule has 0 fully saturated rings. The topological polar surface area (TPSA) is 0 Å². The molecule has 0 saturated heterocycles. The molecule has 0 radical (unpaired) electrons. The fourth-order valence-corrected chi connectivity index (χ4v) is 8.46. The highest BCUT2D eigenvalue weighted by atomic mass is 14.4. The highest BCUT2D eigenvalue weighted by Crippen LogP contribution is 2.58. The van der Waals surface area contributed by atoms with Crippen LogP contribution in [0.15, 0.2) is 72.8 Å². The van der Waals surface area contributed by atoms with E-state index in [1.807, 2.05) is 0 Å². The summed E-state index contributed by atoms with van der Waals surface area (Å²) in [5.41, 5.74) is 14.5.